The van der Waals surface area contributed by atoms with E-state index in [0.717, 1.165) is 12.0 Å². The number of aromatic nitrogens is 2. The predicted molar refractivity (Wildman–Crippen MR) is 94.9 cm³/mol. The largest absolute Gasteiger partial charge is 0.480 e. The van der Waals surface area contributed by atoms with Crippen LogP contribution in [0.3, 0.4) is 0 Å². The molecule has 26 heavy (non-hydrogen) atoms. The monoisotopic (exact) mass is 355 g/mol. The van der Waals surface area contributed by atoms with Crippen molar-refractivity contribution in [3.05, 3.63) is 64.1 Å². The molecular weight excluding hydrogens is 334 g/mol. The van der Waals surface area contributed by atoms with Crippen molar-refractivity contribution in [1.82, 2.24) is 14.7 Å². The van der Waals surface area contributed by atoms with E-state index >= 15 is 0 Å². The van der Waals surface area contributed by atoms with E-state index in [1.165, 1.54) is 21.7 Å². The molecule has 0 spiro atoms. The number of carboxylic acid groups (broad SMARTS) is 1. The number of likely N-dealkylation sites (tertiary alicyclic amines) is 1. The normalized spacial score (nSPS) is 20.0. The van der Waals surface area contributed by atoms with Crippen LogP contribution in [0.4, 0.5) is 0 Å². The summed E-state index contributed by atoms with van der Waals surface area (Å²) in [6.07, 6.45) is 1.17. The molecule has 0 radical (unpaired) electrons. The molecule has 1 saturated heterocycles. The van der Waals surface area contributed by atoms with Crippen molar-refractivity contribution < 1.29 is 14.7 Å². The Bertz CT molecular complexity index is 863. The molecule has 7 nitrogen and oxygen atoms in total. The van der Waals surface area contributed by atoms with Gasteiger partial charge in [-0.1, -0.05) is 37.3 Å². The van der Waals surface area contributed by atoms with Crippen LogP contribution in [0.5, 0.6) is 0 Å². The highest BCUT2D eigenvalue weighted by Crippen LogP contribution is 2.24. The first-order chi connectivity index (χ1) is 12.5. The zero-order chi connectivity index (χ0) is 18.7. The summed E-state index contributed by atoms with van der Waals surface area (Å²) in [6.45, 7) is 2.60. The Balaban J connectivity index is 1.86. The van der Waals surface area contributed by atoms with Crippen LogP contribution in [0.2, 0.25) is 0 Å². The minimum Gasteiger partial charge on any atom is -0.480 e. The maximum atomic E-state index is 12.8. The molecule has 0 bridgehead atoms. The van der Waals surface area contributed by atoms with Gasteiger partial charge < -0.3 is 10.0 Å². The number of hydrogen-bond acceptors (Lipinski definition) is 4. The molecule has 0 aliphatic carbocycles. The van der Waals surface area contributed by atoms with Crippen molar-refractivity contribution in [3.63, 3.8) is 0 Å². The first-order valence-electron chi connectivity index (χ1n) is 8.61. The summed E-state index contributed by atoms with van der Waals surface area (Å²) < 4.78 is 1.23. The molecule has 0 saturated carbocycles. The fourth-order valence-electron chi connectivity index (χ4n) is 3.20. The molecule has 1 N–H and O–H groups in total. The van der Waals surface area contributed by atoms with Crippen molar-refractivity contribution in [2.24, 2.45) is 5.92 Å². The van der Waals surface area contributed by atoms with E-state index in [9.17, 15) is 19.5 Å². The molecule has 1 aliphatic rings. The number of nitrogens with zero attached hydrogens (tertiary/aromatic N) is 3. The van der Waals surface area contributed by atoms with E-state index in [1.54, 1.807) is 0 Å². The summed E-state index contributed by atoms with van der Waals surface area (Å²) in [5.41, 5.74) is 0.663. The van der Waals surface area contributed by atoms with Gasteiger partial charge in [-0.3, -0.25) is 9.59 Å². The fourth-order valence-corrected chi connectivity index (χ4v) is 3.20. The van der Waals surface area contributed by atoms with Gasteiger partial charge in [0.1, 0.15) is 11.7 Å². The van der Waals surface area contributed by atoms with Crippen molar-refractivity contribution in [3.8, 4) is 0 Å². The summed E-state index contributed by atoms with van der Waals surface area (Å²) >= 11 is 0. The van der Waals surface area contributed by atoms with Crippen LogP contribution in [-0.4, -0.2) is 44.3 Å². The zero-order valence-electron chi connectivity index (χ0n) is 14.5. The second-order valence-electron chi connectivity index (χ2n) is 6.68. The molecule has 1 aliphatic heterocycles. The van der Waals surface area contributed by atoms with Crippen molar-refractivity contribution in [2.45, 2.75) is 32.4 Å². The molecule has 1 aromatic heterocycles. The highest BCUT2D eigenvalue weighted by Gasteiger charge is 2.35. The molecule has 1 fully saturated rings. The van der Waals surface area contributed by atoms with E-state index in [4.69, 9.17) is 0 Å². The number of piperidine rings is 1. The zero-order valence-corrected chi connectivity index (χ0v) is 14.5. The molecule has 1 aromatic carbocycles. The van der Waals surface area contributed by atoms with Gasteiger partial charge >= 0.3 is 5.97 Å². The average Bonchev–Trinajstić information content (AvgIpc) is 2.63. The summed E-state index contributed by atoms with van der Waals surface area (Å²) in [7, 11) is 0. The number of hydrogen-bond donors (Lipinski definition) is 1. The minimum atomic E-state index is -1.01. The van der Waals surface area contributed by atoms with E-state index in [2.05, 4.69) is 5.10 Å². The smallest absolute Gasteiger partial charge is 0.326 e. The van der Waals surface area contributed by atoms with Gasteiger partial charge in [-0.25, -0.2) is 9.48 Å². The highest BCUT2D eigenvalue weighted by molar-refractivity contribution is 5.95. The average molecular weight is 355 g/mol. The maximum absolute atomic E-state index is 12.8. The Hall–Kier alpha value is -2.96. The number of rotatable bonds is 4. The van der Waals surface area contributed by atoms with Gasteiger partial charge in [-0.15, -0.1) is 0 Å². The summed E-state index contributed by atoms with van der Waals surface area (Å²) in [5.74, 6) is -1.21. The molecule has 2 unspecified atom stereocenters. The molecule has 2 heterocycles. The van der Waals surface area contributed by atoms with Gasteiger partial charge in [0.2, 0.25) is 0 Å². The lowest BCUT2D eigenvalue weighted by Gasteiger charge is -2.35. The summed E-state index contributed by atoms with van der Waals surface area (Å²) in [6, 6.07) is 11.1. The second kappa shape index (κ2) is 7.51. The van der Waals surface area contributed by atoms with Crippen LogP contribution in [0, 0.1) is 5.92 Å². The van der Waals surface area contributed by atoms with Crippen molar-refractivity contribution >= 4 is 11.9 Å². The van der Waals surface area contributed by atoms with Gasteiger partial charge in [0.15, 0.2) is 0 Å². The SMILES string of the molecule is CC1CCN(C(=O)c2ccc(=O)n(Cc3ccccc3)n2)C(C(=O)O)C1. The van der Waals surface area contributed by atoms with Gasteiger partial charge in [0.25, 0.3) is 11.5 Å². The Labute approximate surface area is 150 Å². The number of carbonyl (C=O) groups excluding carboxylic acids is 1. The van der Waals surface area contributed by atoms with E-state index < -0.39 is 17.9 Å². The minimum absolute atomic E-state index is 0.0846. The molecular formula is C19H21N3O4. The number of benzene rings is 1. The number of carboxylic acids is 1. The molecule has 3 rings (SSSR count). The molecule has 7 heteroatoms. The van der Waals surface area contributed by atoms with Crippen LogP contribution in [0.1, 0.15) is 35.8 Å². The lowest BCUT2D eigenvalue weighted by Crippen LogP contribution is -2.50. The standard InChI is InChI=1S/C19H21N3O4/c1-13-9-10-21(16(11-13)19(25)26)18(24)15-7-8-17(23)22(20-15)12-14-5-3-2-4-6-14/h2-8,13,16H,9-12H2,1H3,(H,25,26). The Morgan fingerprint density at radius 1 is 1.19 bits per heavy atom. The Kier molecular flexibility index (Phi) is 5.16. The van der Waals surface area contributed by atoms with Crippen LogP contribution in [0.25, 0.3) is 0 Å². The third-order valence-electron chi connectivity index (χ3n) is 4.67. The number of amides is 1. The Morgan fingerprint density at radius 2 is 1.92 bits per heavy atom. The first-order valence-corrected chi connectivity index (χ1v) is 8.61. The second-order valence-corrected chi connectivity index (χ2v) is 6.68. The predicted octanol–water partition coefficient (Wildman–Crippen LogP) is 1.62. The lowest BCUT2D eigenvalue weighted by molar-refractivity contribution is -0.144. The van der Waals surface area contributed by atoms with Gasteiger partial charge in [0, 0.05) is 12.6 Å². The van der Waals surface area contributed by atoms with Crippen molar-refractivity contribution in [2.75, 3.05) is 6.54 Å². The summed E-state index contributed by atoms with van der Waals surface area (Å²) in [4.78, 5) is 37.8. The number of aliphatic carboxylic acids is 1. The molecule has 2 aromatic rings. The Morgan fingerprint density at radius 3 is 2.62 bits per heavy atom. The third kappa shape index (κ3) is 3.82. The van der Waals surface area contributed by atoms with Gasteiger partial charge in [-0.05, 0) is 30.4 Å². The molecule has 1 amide bonds. The topological polar surface area (TPSA) is 92.5 Å². The quantitative estimate of drug-likeness (QED) is 0.900. The molecule has 136 valence electrons. The molecule has 2 atom stereocenters. The third-order valence-corrected chi connectivity index (χ3v) is 4.67. The maximum Gasteiger partial charge on any atom is 0.326 e. The van der Waals surface area contributed by atoms with Crippen LogP contribution < -0.4 is 5.56 Å². The van der Waals surface area contributed by atoms with Gasteiger partial charge in [0.05, 0.1) is 6.54 Å². The van der Waals surface area contributed by atoms with Crippen LogP contribution in [-0.2, 0) is 11.3 Å². The van der Waals surface area contributed by atoms with E-state index in [0.29, 0.717) is 13.0 Å². The van der Waals surface area contributed by atoms with Crippen molar-refractivity contribution in [1.29, 1.82) is 0 Å². The fraction of sp³-hybridized carbons (Fsp3) is 0.368. The van der Waals surface area contributed by atoms with Gasteiger partial charge in [-0.2, -0.15) is 5.10 Å². The first kappa shape index (κ1) is 17.8. The van der Waals surface area contributed by atoms with Crippen LogP contribution in [0.15, 0.2) is 47.3 Å². The summed E-state index contributed by atoms with van der Waals surface area (Å²) in [5, 5.41) is 13.6. The lowest BCUT2D eigenvalue weighted by atomic mass is 9.92. The highest BCUT2D eigenvalue weighted by atomic mass is 16.4. The van der Waals surface area contributed by atoms with Crippen LogP contribution >= 0.6 is 0 Å². The van der Waals surface area contributed by atoms with E-state index in [-0.39, 0.29) is 23.7 Å². The van der Waals surface area contributed by atoms with E-state index in [1.807, 2.05) is 37.3 Å². The number of carbonyl (C=O) groups is 2.